The van der Waals surface area contributed by atoms with Gasteiger partial charge in [0.1, 0.15) is 11.6 Å². The molecule has 3 heterocycles. The molecule has 0 bridgehead atoms. The normalized spacial score (nSPS) is 13.5. The fourth-order valence-electron chi connectivity index (χ4n) is 2.56. The van der Waals surface area contributed by atoms with Crippen LogP contribution in [-0.4, -0.2) is 55.5 Å². The average Bonchev–Trinajstić information content (AvgIpc) is 3.18. The Balaban J connectivity index is 2.14. The lowest BCUT2D eigenvalue weighted by Gasteiger charge is -2.19. The van der Waals surface area contributed by atoms with Gasteiger partial charge < -0.3 is 4.90 Å². The van der Waals surface area contributed by atoms with E-state index >= 15 is 0 Å². The number of aromatic nitrogens is 5. The topological polar surface area (TPSA) is 68.3 Å². The minimum Gasteiger partial charge on any atom is -0.303 e. The molecule has 0 saturated heterocycles. The third kappa shape index (κ3) is 4.53. The Labute approximate surface area is 171 Å². The van der Waals surface area contributed by atoms with Crippen LogP contribution in [-0.2, 0) is 19.3 Å². The quantitative estimate of drug-likeness (QED) is 0.529. The molecule has 31 heavy (non-hydrogen) atoms. The van der Waals surface area contributed by atoms with E-state index in [-0.39, 0.29) is 21.2 Å². The van der Waals surface area contributed by atoms with Crippen molar-refractivity contribution < 1.29 is 35.1 Å². The maximum absolute atomic E-state index is 13.6. The molecular weight excluding hydrogens is 464 g/mol. The molecule has 0 unspecified atom stereocenters. The summed E-state index contributed by atoms with van der Waals surface area (Å²) in [7, 11) is 3.33. The maximum Gasteiger partial charge on any atom is 0.455 e. The Hall–Kier alpha value is -2.62. The molecular formula is C15H12F8N6OS. The molecule has 0 aliphatic carbocycles. The van der Waals surface area contributed by atoms with Gasteiger partial charge in [-0.1, -0.05) is 11.3 Å². The molecule has 0 aromatic carbocycles. The predicted molar refractivity (Wildman–Crippen MR) is 91.8 cm³/mol. The molecule has 0 amide bonds. The van der Waals surface area contributed by atoms with Crippen molar-refractivity contribution in [2.24, 2.45) is 0 Å². The van der Waals surface area contributed by atoms with E-state index in [1.165, 1.54) is 0 Å². The summed E-state index contributed by atoms with van der Waals surface area (Å²) in [6.45, 7) is -1.77. The van der Waals surface area contributed by atoms with Crippen molar-refractivity contribution in [2.75, 3.05) is 14.1 Å². The number of halogens is 8. The van der Waals surface area contributed by atoms with Gasteiger partial charge in [-0.2, -0.15) is 49.8 Å². The molecule has 0 aliphatic rings. The largest absolute Gasteiger partial charge is 0.455 e. The van der Waals surface area contributed by atoms with E-state index in [9.17, 15) is 39.9 Å². The second-order valence-corrected chi connectivity index (χ2v) is 7.74. The zero-order valence-corrected chi connectivity index (χ0v) is 16.4. The van der Waals surface area contributed by atoms with Gasteiger partial charge in [0.15, 0.2) is 5.69 Å². The van der Waals surface area contributed by atoms with E-state index in [1.54, 1.807) is 19.0 Å². The van der Waals surface area contributed by atoms with E-state index < -0.39 is 47.2 Å². The molecule has 0 aliphatic heterocycles. The lowest BCUT2D eigenvalue weighted by molar-refractivity contribution is -0.287. The van der Waals surface area contributed by atoms with Gasteiger partial charge in [-0.25, -0.2) is 4.98 Å². The van der Waals surface area contributed by atoms with E-state index in [1.807, 2.05) is 0 Å². The average molecular weight is 476 g/mol. The van der Waals surface area contributed by atoms with Gasteiger partial charge in [-0.15, -0.1) is 0 Å². The lowest BCUT2D eigenvalue weighted by atomic mass is 10.1. The molecule has 7 nitrogen and oxygen atoms in total. The van der Waals surface area contributed by atoms with Gasteiger partial charge in [0.2, 0.25) is 4.96 Å². The summed E-state index contributed by atoms with van der Waals surface area (Å²) < 4.78 is 105. The van der Waals surface area contributed by atoms with Crippen LogP contribution >= 0.6 is 11.3 Å². The molecule has 0 fully saturated rings. The highest BCUT2D eigenvalue weighted by Crippen LogP contribution is 2.38. The van der Waals surface area contributed by atoms with Crippen LogP contribution in [0, 0.1) is 0 Å². The van der Waals surface area contributed by atoms with Crippen LogP contribution in [0.2, 0.25) is 0 Å². The number of hydrogen-bond donors (Lipinski definition) is 0. The Bertz CT molecular complexity index is 1160. The Kier molecular flexibility index (Phi) is 5.58. The van der Waals surface area contributed by atoms with Crippen LogP contribution in [0.25, 0.3) is 16.1 Å². The highest BCUT2D eigenvalue weighted by Gasteiger charge is 2.57. The zero-order valence-electron chi connectivity index (χ0n) is 15.6. The fourth-order valence-corrected chi connectivity index (χ4v) is 3.56. The summed E-state index contributed by atoms with van der Waals surface area (Å²) in [6.07, 6.45) is -9.93. The molecule has 3 rings (SSSR count). The molecule has 3 aromatic heterocycles. The second-order valence-electron chi connectivity index (χ2n) is 6.70. The minimum absolute atomic E-state index is 0.107. The van der Waals surface area contributed by atoms with Gasteiger partial charge in [0.05, 0.1) is 18.3 Å². The monoisotopic (exact) mass is 476 g/mol. The van der Waals surface area contributed by atoms with Crippen molar-refractivity contribution in [3.63, 3.8) is 0 Å². The third-order valence-corrected chi connectivity index (χ3v) is 4.76. The van der Waals surface area contributed by atoms with Crippen molar-refractivity contribution in [3.05, 3.63) is 33.4 Å². The van der Waals surface area contributed by atoms with Crippen molar-refractivity contribution in [1.29, 1.82) is 0 Å². The molecule has 0 spiro atoms. The van der Waals surface area contributed by atoms with Gasteiger partial charge in [0, 0.05) is 11.8 Å². The first-order valence-corrected chi connectivity index (χ1v) is 9.04. The zero-order chi connectivity index (χ0) is 23.4. The lowest BCUT2D eigenvalue weighted by Crippen LogP contribution is -2.40. The number of hydrogen-bond acceptors (Lipinski definition) is 6. The smallest absolute Gasteiger partial charge is 0.303 e. The molecule has 16 heteroatoms. The predicted octanol–water partition coefficient (Wildman–Crippen LogP) is 3.29. The summed E-state index contributed by atoms with van der Waals surface area (Å²) in [5.74, 6) is -5.18. The molecule has 3 aromatic rings. The minimum atomic E-state index is -5.89. The molecule has 0 saturated carbocycles. The first kappa shape index (κ1) is 23.1. The van der Waals surface area contributed by atoms with E-state index in [0.717, 1.165) is 11.3 Å². The van der Waals surface area contributed by atoms with Crippen molar-refractivity contribution in [1.82, 2.24) is 29.3 Å². The third-order valence-electron chi connectivity index (χ3n) is 3.87. The highest BCUT2D eigenvalue weighted by atomic mass is 32.1. The van der Waals surface area contributed by atoms with Crippen LogP contribution in [0.1, 0.15) is 10.7 Å². The van der Waals surface area contributed by atoms with Crippen LogP contribution < -0.4 is 5.56 Å². The van der Waals surface area contributed by atoms with Crippen molar-refractivity contribution in [3.8, 4) is 11.1 Å². The van der Waals surface area contributed by atoms with Crippen LogP contribution in [0.4, 0.5) is 35.1 Å². The Morgan fingerprint density at radius 2 is 1.74 bits per heavy atom. The van der Waals surface area contributed by atoms with Gasteiger partial charge >= 0.3 is 18.3 Å². The number of alkyl halides is 8. The number of fused-ring (bicyclic) bond motifs is 1. The summed E-state index contributed by atoms with van der Waals surface area (Å²) in [6, 6.07) is 0. The highest BCUT2D eigenvalue weighted by molar-refractivity contribution is 7.16. The molecule has 0 N–H and O–H groups in total. The molecule has 0 radical (unpaired) electrons. The van der Waals surface area contributed by atoms with Gasteiger partial charge in [0.25, 0.3) is 5.56 Å². The second kappa shape index (κ2) is 7.51. The van der Waals surface area contributed by atoms with E-state index in [0.29, 0.717) is 16.9 Å². The molecule has 0 atom stereocenters. The fraction of sp³-hybridized carbons (Fsp3) is 0.467. The van der Waals surface area contributed by atoms with Gasteiger partial charge in [-0.3, -0.25) is 9.48 Å². The van der Waals surface area contributed by atoms with Crippen LogP contribution in [0.3, 0.4) is 0 Å². The SMILES string of the molecule is CN(C)Cc1nn2c(=O)c(-c3cnn(CC(F)(F)C(F)(F)F)c3)c(C(F)(F)F)nc2s1. The molecule has 170 valence electrons. The van der Waals surface area contributed by atoms with E-state index in [4.69, 9.17) is 0 Å². The van der Waals surface area contributed by atoms with E-state index in [2.05, 4.69) is 15.2 Å². The standard InChI is InChI=1S/C15H12F8N6OS/c1-27(2)5-8-26-29-11(30)9(10(14(18,19)20)25-12(29)31-8)7-3-24-28(4-7)6-13(16,17)15(21,22)23/h3-4H,5-6H2,1-2H3. The summed E-state index contributed by atoms with van der Waals surface area (Å²) in [4.78, 5) is 17.5. The summed E-state index contributed by atoms with van der Waals surface area (Å²) in [5.41, 5.74) is -4.58. The van der Waals surface area contributed by atoms with Crippen LogP contribution in [0.15, 0.2) is 17.2 Å². The van der Waals surface area contributed by atoms with Gasteiger partial charge in [-0.05, 0) is 14.1 Å². The van der Waals surface area contributed by atoms with Crippen molar-refractivity contribution in [2.45, 2.75) is 31.4 Å². The summed E-state index contributed by atoms with van der Waals surface area (Å²) >= 11 is 0.744. The van der Waals surface area contributed by atoms with Crippen molar-refractivity contribution >= 4 is 16.3 Å². The summed E-state index contributed by atoms with van der Waals surface area (Å²) in [5, 5.41) is 7.44. The maximum atomic E-state index is 13.6. The first-order chi connectivity index (χ1) is 14.1. The first-order valence-electron chi connectivity index (χ1n) is 8.22. The number of nitrogens with zero attached hydrogens (tertiary/aromatic N) is 6. The van der Waals surface area contributed by atoms with Crippen LogP contribution in [0.5, 0.6) is 0 Å². The number of rotatable bonds is 5. The Morgan fingerprint density at radius 3 is 2.29 bits per heavy atom. The Morgan fingerprint density at radius 1 is 1.10 bits per heavy atom.